The molecule has 1 fully saturated rings. The summed E-state index contributed by atoms with van der Waals surface area (Å²) in [7, 11) is 1.55. The maximum absolute atomic E-state index is 11.1. The minimum atomic E-state index is -0.429. The largest absolute Gasteiger partial charge is 0.426 e. The molecule has 1 heterocycles. The number of rotatable bonds is 4. The van der Waals surface area contributed by atoms with Crippen molar-refractivity contribution in [1.29, 1.82) is 0 Å². The Hall–Kier alpha value is -0.810. The standard InChI is InChI=1S/C10H20N2O3/c1-8(12-10(13)15-11-2)6-9-4-3-5-14-7-9/h8-9,11H,3-7H2,1-2H3,(H,12,13)/t8?,9-/m1/s1. The Balaban J connectivity index is 2.16. The van der Waals surface area contributed by atoms with E-state index in [0.29, 0.717) is 5.92 Å². The molecule has 0 aromatic heterocycles. The van der Waals surface area contributed by atoms with Crippen LogP contribution in [0.15, 0.2) is 0 Å². The van der Waals surface area contributed by atoms with Crippen LogP contribution in [-0.4, -0.2) is 32.4 Å². The zero-order chi connectivity index (χ0) is 11.1. The van der Waals surface area contributed by atoms with E-state index in [9.17, 15) is 4.79 Å². The molecular formula is C10H20N2O3. The monoisotopic (exact) mass is 216 g/mol. The molecule has 5 heteroatoms. The number of carbonyl (C=O) groups is 1. The lowest BCUT2D eigenvalue weighted by molar-refractivity contribution is 0.0468. The molecule has 5 nitrogen and oxygen atoms in total. The maximum Gasteiger partial charge on any atom is 0.426 e. The molecular weight excluding hydrogens is 196 g/mol. The highest BCUT2D eigenvalue weighted by Crippen LogP contribution is 2.18. The van der Waals surface area contributed by atoms with E-state index in [2.05, 4.69) is 15.6 Å². The first-order valence-electron chi connectivity index (χ1n) is 5.44. The number of hydrogen-bond acceptors (Lipinski definition) is 4. The van der Waals surface area contributed by atoms with Crippen molar-refractivity contribution in [1.82, 2.24) is 10.8 Å². The van der Waals surface area contributed by atoms with Crippen LogP contribution in [0.3, 0.4) is 0 Å². The quantitative estimate of drug-likeness (QED) is 0.690. The first-order valence-corrected chi connectivity index (χ1v) is 5.44. The molecule has 1 rings (SSSR count). The third kappa shape index (κ3) is 4.99. The molecule has 0 radical (unpaired) electrons. The highest BCUT2D eigenvalue weighted by Gasteiger charge is 2.18. The minimum Gasteiger partial charge on any atom is -0.381 e. The number of hydroxylamine groups is 1. The molecule has 0 aromatic carbocycles. The van der Waals surface area contributed by atoms with Crippen molar-refractivity contribution in [2.45, 2.75) is 32.2 Å². The van der Waals surface area contributed by atoms with E-state index in [-0.39, 0.29) is 6.04 Å². The van der Waals surface area contributed by atoms with Gasteiger partial charge in [-0.3, -0.25) is 0 Å². The van der Waals surface area contributed by atoms with Crippen molar-refractivity contribution in [3.8, 4) is 0 Å². The Labute approximate surface area is 90.5 Å². The summed E-state index contributed by atoms with van der Waals surface area (Å²) in [6.45, 7) is 3.67. The van der Waals surface area contributed by atoms with Gasteiger partial charge in [0.25, 0.3) is 0 Å². The van der Waals surface area contributed by atoms with Crippen LogP contribution >= 0.6 is 0 Å². The summed E-state index contributed by atoms with van der Waals surface area (Å²) in [6.07, 6.45) is 2.83. The maximum atomic E-state index is 11.1. The van der Waals surface area contributed by atoms with Gasteiger partial charge < -0.3 is 14.9 Å². The van der Waals surface area contributed by atoms with Gasteiger partial charge in [-0.1, -0.05) is 0 Å². The van der Waals surface area contributed by atoms with Gasteiger partial charge in [0.2, 0.25) is 0 Å². The van der Waals surface area contributed by atoms with Gasteiger partial charge in [0.1, 0.15) is 0 Å². The number of hydrogen-bond donors (Lipinski definition) is 2. The van der Waals surface area contributed by atoms with Crippen LogP contribution in [0.4, 0.5) is 4.79 Å². The molecule has 1 amide bonds. The Morgan fingerprint density at radius 3 is 3.07 bits per heavy atom. The molecule has 0 bridgehead atoms. The lowest BCUT2D eigenvalue weighted by atomic mass is 9.95. The molecule has 1 unspecified atom stereocenters. The van der Waals surface area contributed by atoms with Crippen molar-refractivity contribution < 1.29 is 14.4 Å². The van der Waals surface area contributed by atoms with E-state index in [1.165, 1.54) is 6.42 Å². The summed E-state index contributed by atoms with van der Waals surface area (Å²) in [6, 6.07) is 0.123. The average Bonchev–Trinajstić information content (AvgIpc) is 2.19. The molecule has 2 atom stereocenters. The highest BCUT2D eigenvalue weighted by atomic mass is 16.7. The number of ether oxygens (including phenoxy) is 1. The predicted octanol–water partition coefficient (Wildman–Crippen LogP) is 1.05. The van der Waals surface area contributed by atoms with Crippen LogP contribution < -0.4 is 10.8 Å². The number of nitrogens with one attached hydrogen (secondary N) is 2. The van der Waals surface area contributed by atoms with E-state index < -0.39 is 6.09 Å². The normalized spacial score (nSPS) is 23.2. The fraction of sp³-hybridized carbons (Fsp3) is 0.900. The summed E-state index contributed by atoms with van der Waals surface area (Å²) in [5.41, 5.74) is 2.34. The van der Waals surface area contributed by atoms with Crippen LogP contribution in [0.2, 0.25) is 0 Å². The molecule has 2 N–H and O–H groups in total. The second-order valence-electron chi connectivity index (χ2n) is 3.96. The molecule has 0 aliphatic carbocycles. The van der Waals surface area contributed by atoms with Gasteiger partial charge in [-0.05, 0) is 32.1 Å². The summed E-state index contributed by atoms with van der Waals surface area (Å²) < 4.78 is 5.38. The third-order valence-corrected chi connectivity index (χ3v) is 2.50. The SMILES string of the molecule is CNOC(=O)NC(C)C[C@H]1CCCOC1. The third-order valence-electron chi connectivity index (χ3n) is 2.50. The Morgan fingerprint density at radius 1 is 1.67 bits per heavy atom. The van der Waals surface area contributed by atoms with Crippen molar-refractivity contribution >= 4 is 6.09 Å². The second kappa shape index (κ2) is 6.63. The lowest BCUT2D eigenvalue weighted by Gasteiger charge is -2.24. The zero-order valence-electron chi connectivity index (χ0n) is 9.41. The molecule has 1 aliphatic rings. The van der Waals surface area contributed by atoms with E-state index in [4.69, 9.17) is 4.74 Å². The first kappa shape index (κ1) is 12.3. The highest BCUT2D eigenvalue weighted by molar-refractivity contribution is 5.67. The van der Waals surface area contributed by atoms with Crippen molar-refractivity contribution in [2.24, 2.45) is 5.92 Å². The molecule has 15 heavy (non-hydrogen) atoms. The topological polar surface area (TPSA) is 59.6 Å². The fourth-order valence-corrected chi connectivity index (χ4v) is 1.88. The number of amides is 1. The minimum absolute atomic E-state index is 0.123. The summed E-state index contributed by atoms with van der Waals surface area (Å²) >= 11 is 0. The summed E-state index contributed by atoms with van der Waals surface area (Å²) in [4.78, 5) is 15.6. The van der Waals surface area contributed by atoms with E-state index in [1.807, 2.05) is 6.92 Å². The van der Waals surface area contributed by atoms with Crippen molar-refractivity contribution in [3.05, 3.63) is 0 Å². The predicted molar refractivity (Wildman–Crippen MR) is 56.3 cm³/mol. The van der Waals surface area contributed by atoms with Crippen molar-refractivity contribution in [3.63, 3.8) is 0 Å². The fourth-order valence-electron chi connectivity index (χ4n) is 1.88. The second-order valence-corrected chi connectivity index (χ2v) is 3.96. The van der Waals surface area contributed by atoms with Crippen LogP contribution in [0.5, 0.6) is 0 Å². The Morgan fingerprint density at radius 2 is 2.47 bits per heavy atom. The van der Waals surface area contributed by atoms with Gasteiger partial charge >= 0.3 is 6.09 Å². The summed E-state index contributed by atoms with van der Waals surface area (Å²) in [5, 5.41) is 2.75. The van der Waals surface area contributed by atoms with Gasteiger partial charge in [0.05, 0.1) is 0 Å². The van der Waals surface area contributed by atoms with Crippen LogP contribution in [0.1, 0.15) is 26.2 Å². The Bertz CT molecular complexity index is 193. The van der Waals surface area contributed by atoms with Crippen molar-refractivity contribution in [2.75, 3.05) is 20.3 Å². The van der Waals surface area contributed by atoms with Gasteiger partial charge in [-0.2, -0.15) is 5.48 Å². The molecule has 0 saturated carbocycles. The van der Waals surface area contributed by atoms with Crippen LogP contribution in [0.25, 0.3) is 0 Å². The van der Waals surface area contributed by atoms with Crippen LogP contribution in [-0.2, 0) is 9.57 Å². The summed E-state index contributed by atoms with van der Waals surface area (Å²) in [5.74, 6) is 0.559. The van der Waals surface area contributed by atoms with Gasteiger partial charge in [0, 0.05) is 26.3 Å². The molecule has 88 valence electrons. The van der Waals surface area contributed by atoms with E-state index >= 15 is 0 Å². The zero-order valence-corrected chi connectivity index (χ0v) is 9.41. The van der Waals surface area contributed by atoms with E-state index in [1.54, 1.807) is 7.05 Å². The molecule has 0 spiro atoms. The van der Waals surface area contributed by atoms with E-state index in [0.717, 1.165) is 26.1 Å². The molecule has 1 saturated heterocycles. The average molecular weight is 216 g/mol. The first-order chi connectivity index (χ1) is 7.22. The number of carbonyl (C=O) groups excluding carboxylic acids is 1. The van der Waals surface area contributed by atoms with Gasteiger partial charge in [0.15, 0.2) is 0 Å². The van der Waals surface area contributed by atoms with Gasteiger partial charge in [-0.25, -0.2) is 4.79 Å². The molecule has 0 aromatic rings. The van der Waals surface area contributed by atoms with Gasteiger partial charge in [-0.15, -0.1) is 0 Å². The lowest BCUT2D eigenvalue weighted by Crippen LogP contribution is -2.37. The van der Waals surface area contributed by atoms with Crippen LogP contribution in [0, 0.1) is 5.92 Å². The molecule has 1 aliphatic heterocycles. The Kier molecular flexibility index (Phi) is 5.42. The smallest absolute Gasteiger partial charge is 0.381 e.